The molecule has 3 N–H and O–H groups in total. The van der Waals surface area contributed by atoms with Gasteiger partial charge < -0.3 is 29.7 Å². The van der Waals surface area contributed by atoms with Crippen LogP contribution in [0.3, 0.4) is 0 Å². The van der Waals surface area contributed by atoms with Crippen molar-refractivity contribution in [3.63, 3.8) is 0 Å². The van der Waals surface area contributed by atoms with Crippen molar-refractivity contribution in [3.8, 4) is 0 Å². The maximum Gasteiger partial charge on any atom is 0.0808 e. The Morgan fingerprint density at radius 2 is 0.932 bits per heavy atom. The number of rotatable bonds is 27. The van der Waals surface area contributed by atoms with Gasteiger partial charge in [0, 0.05) is 44.6 Å². The van der Waals surface area contributed by atoms with E-state index in [1.165, 1.54) is 103 Å². The highest BCUT2D eigenvalue weighted by atomic mass is 16.4. The molecule has 0 aromatic heterocycles. The predicted octanol–water partition coefficient (Wildman–Crippen LogP) is 7.42. The number of quaternary nitrogens is 1. The smallest absolute Gasteiger partial charge is 0.0808 e. The summed E-state index contributed by atoms with van der Waals surface area (Å²) in [4.78, 5) is 10.7. The molecule has 6 nitrogen and oxygen atoms in total. The molecular weight excluding hydrogens is 550 g/mol. The van der Waals surface area contributed by atoms with E-state index < -0.39 is 5.97 Å². The van der Waals surface area contributed by atoms with Crippen molar-refractivity contribution in [1.82, 2.24) is 0 Å². The van der Waals surface area contributed by atoms with Crippen LogP contribution in [0.4, 0.5) is 0 Å². The van der Waals surface area contributed by atoms with E-state index >= 15 is 0 Å². The van der Waals surface area contributed by atoms with Crippen molar-refractivity contribution in [2.45, 2.75) is 129 Å². The zero-order chi connectivity index (χ0) is 32.1. The third kappa shape index (κ3) is 18.7. The quantitative estimate of drug-likeness (QED) is 0.0718. The van der Waals surface area contributed by atoms with Crippen molar-refractivity contribution in [3.05, 3.63) is 48.0 Å². The van der Waals surface area contributed by atoms with Crippen LogP contribution in [-0.4, -0.2) is 71.8 Å². The maximum absolute atomic E-state index is 10.7. The maximum atomic E-state index is 10.7. The number of hydrogen-bond donors (Lipinski definition) is 3. The Morgan fingerprint density at radius 3 is 1.36 bits per heavy atom. The molecule has 6 heteroatoms. The second-order valence-corrected chi connectivity index (χ2v) is 12.6. The number of aliphatic hydroxyl groups excluding tert-OH is 3. The molecular formula is C38H65NO5. The number of benzene rings is 2. The van der Waals surface area contributed by atoms with E-state index in [1.54, 1.807) is 18.2 Å². The van der Waals surface area contributed by atoms with Crippen LogP contribution < -0.4 is 5.11 Å². The standard InChI is InChI=1S/C27H58NO3.C11H8O2/c1-2-3-4-5-6-7-8-9-10-11-12-13-14-15-16-17-21-28(22-18-25-29,23-19-26-30)24-20-27-31;12-11(13)10-7-3-5-8-4-1-2-6-9(8)10/h29-31H,2-27H2,1H3;1-7H,(H,12,13)/q+1;/p-1. The van der Waals surface area contributed by atoms with Crippen molar-refractivity contribution < 1.29 is 29.7 Å². The van der Waals surface area contributed by atoms with Gasteiger partial charge in [0.2, 0.25) is 0 Å². The number of carbonyl (C=O) groups excluding carboxylic acids is 1. The Labute approximate surface area is 269 Å². The van der Waals surface area contributed by atoms with Gasteiger partial charge in [0.05, 0.1) is 32.1 Å². The first kappa shape index (κ1) is 40.0. The van der Waals surface area contributed by atoms with Gasteiger partial charge in [0.15, 0.2) is 0 Å². The molecule has 0 bridgehead atoms. The number of fused-ring (bicyclic) bond motifs is 1. The van der Waals surface area contributed by atoms with Crippen molar-refractivity contribution in [2.24, 2.45) is 0 Å². The van der Waals surface area contributed by atoms with Gasteiger partial charge in [0.1, 0.15) is 0 Å². The van der Waals surface area contributed by atoms with Gasteiger partial charge in [-0.2, -0.15) is 0 Å². The molecule has 0 heterocycles. The Bertz CT molecular complexity index is 923. The largest absolute Gasteiger partial charge is 0.545 e. The second kappa shape index (κ2) is 27.3. The third-order valence-corrected chi connectivity index (χ3v) is 8.87. The van der Waals surface area contributed by atoms with Gasteiger partial charge in [0.25, 0.3) is 0 Å². The fourth-order valence-electron chi connectivity index (χ4n) is 6.29. The molecule has 2 rings (SSSR count). The number of carbonyl (C=O) groups is 1. The minimum Gasteiger partial charge on any atom is -0.545 e. The fraction of sp³-hybridized carbons (Fsp3) is 0.711. The summed E-state index contributed by atoms with van der Waals surface area (Å²) in [5.74, 6) is -1.13. The summed E-state index contributed by atoms with van der Waals surface area (Å²) in [6.07, 6.45) is 24.7. The van der Waals surface area contributed by atoms with Crippen LogP contribution in [0, 0.1) is 0 Å². The Morgan fingerprint density at radius 1 is 0.545 bits per heavy atom. The molecule has 252 valence electrons. The summed E-state index contributed by atoms with van der Waals surface area (Å²) in [5, 5.41) is 40.2. The van der Waals surface area contributed by atoms with Crippen LogP contribution in [0.15, 0.2) is 42.5 Å². The Hall–Kier alpha value is -1.99. The van der Waals surface area contributed by atoms with Gasteiger partial charge in [-0.3, -0.25) is 0 Å². The summed E-state index contributed by atoms with van der Waals surface area (Å²) in [7, 11) is 0. The molecule has 0 atom stereocenters. The van der Waals surface area contributed by atoms with E-state index in [0.717, 1.165) is 60.7 Å². The Balaban J connectivity index is 0.000000607. The van der Waals surface area contributed by atoms with Crippen LogP contribution in [0.5, 0.6) is 0 Å². The molecule has 0 unspecified atom stereocenters. The molecule has 0 amide bonds. The molecule has 2 aromatic carbocycles. The monoisotopic (exact) mass is 615 g/mol. The highest BCUT2D eigenvalue weighted by Gasteiger charge is 2.25. The zero-order valence-corrected chi connectivity index (χ0v) is 28.0. The predicted molar refractivity (Wildman–Crippen MR) is 183 cm³/mol. The normalized spacial score (nSPS) is 11.5. The SMILES string of the molecule is CCCCCCCCCCCCCCCCCC[N+](CCCO)(CCCO)CCCO.O=C([O-])c1cccc2ccccc12. The summed E-state index contributed by atoms with van der Waals surface area (Å²) in [6, 6.07) is 12.5. The number of carboxylic acids is 1. The summed E-state index contributed by atoms with van der Waals surface area (Å²) < 4.78 is 0.959. The molecule has 44 heavy (non-hydrogen) atoms. The van der Waals surface area contributed by atoms with Crippen molar-refractivity contribution >= 4 is 16.7 Å². The van der Waals surface area contributed by atoms with E-state index in [4.69, 9.17) is 0 Å². The first-order valence-electron chi connectivity index (χ1n) is 17.9. The molecule has 0 aliphatic carbocycles. The molecule has 0 saturated heterocycles. The minimum absolute atomic E-state index is 0.233. The lowest BCUT2D eigenvalue weighted by Crippen LogP contribution is -2.51. The number of unbranched alkanes of at least 4 members (excludes halogenated alkanes) is 15. The van der Waals surface area contributed by atoms with Gasteiger partial charge in [-0.25, -0.2) is 0 Å². The first-order chi connectivity index (χ1) is 21.5. The summed E-state index contributed by atoms with van der Waals surface area (Å²) in [5.41, 5.74) is 0.248. The summed E-state index contributed by atoms with van der Waals surface area (Å²) >= 11 is 0. The average molecular weight is 616 g/mol. The van der Waals surface area contributed by atoms with Crippen LogP contribution in [-0.2, 0) is 0 Å². The van der Waals surface area contributed by atoms with E-state index in [0.29, 0.717) is 0 Å². The lowest BCUT2D eigenvalue weighted by Gasteiger charge is -2.39. The van der Waals surface area contributed by atoms with E-state index in [-0.39, 0.29) is 25.4 Å². The fourth-order valence-corrected chi connectivity index (χ4v) is 6.29. The molecule has 0 aliphatic rings. The van der Waals surface area contributed by atoms with Crippen molar-refractivity contribution in [2.75, 3.05) is 46.0 Å². The summed E-state index contributed by atoms with van der Waals surface area (Å²) in [6.45, 7) is 7.01. The highest BCUT2D eigenvalue weighted by Crippen LogP contribution is 2.18. The number of hydrogen-bond acceptors (Lipinski definition) is 5. The number of aromatic carboxylic acids is 1. The molecule has 0 spiro atoms. The van der Waals surface area contributed by atoms with Gasteiger partial charge in [-0.05, 0) is 23.6 Å². The Kier molecular flexibility index (Phi) is 24.9. The van der Waals surface area contributed by atoms with Crippen LogP contribution >= 0.6 is 0 Å². The zero-order valence-electron chi connectivity index (χ0n) is 28.0. The van der Waals surface area contributed by atoms with E-state index in [1.807, 2.05) is 24.3 Å². The number of carboxylic acid groups (broad SMARTS) is 1. The van der Waals surface area contributed by atoms with E-state index in [2.05, 4.69) is 6.92 Å². The number of nitrogens with zero attached hydrogens (tertiary/aromatic N) is 1. The minimum atomic E-state index is -1.13. The highest BCUT2D eigenvalue weighted by molar-refractivity contribution is 6.02. The van der Waals surface area contributed by atoms with Crippen LogP contribution in [0.1, 0.15) is 139 Å². The van der Waals surface area contributed by atoms with Crippen molar-refractivity contribution in [1.29, 1.82) is 0 Å². The van der Waals surface area contributed by atoms with Gasteiger partial charge >= 0.3 is 0 Å². The average Bonchev–Trinajstić information content (AvgIpc) is 3.05. The number of aliphatic hydroxyl groups is 3. The first-order valence-corrected chi connectivity index (χ1v) is 17.9. The lowest BCUT2D eigenvalue weighted by molar-refractivity contribution is -0.929. The van der Waals surface area contributed by atoms with Crippen LogP contribution in [0.2, 0.25) is 0 Å². The molecule has 0 fully saturated rings. The van der Waals surface area contributed by atoms with E-state index in [9.17, 15) is 25.2 Å². The van der Waals surface area contributed by atoms with Crippen LogP contribution in [0.25, 0.3) is 10.8 Å². The lowest BCUT2D eigenvalue weighted by atomic mass is 10.0. The third-order valence-electron chi connectivity index (χ3n) is 8.87. The van der Waals surface area contributed by atoms with Gasteiger partial charge in [-0.1, -0.05) is 139 Å². The topological polar surface area (TPSA) is 101 Å². The molecule has 0 aliphatic heterocycles. The van der Waals surface area contributed by atoms with Gasteiger partial charge in [-0.15, -0.1) is 0 Å². The molecule has 0 radical (unpaired) electrons. The molecule has 0 saturated carbocycles. The second-order valence-electron chi connectivity index (χ2n) is 12.6. The molecule has 2 aromatic rings.